The normalized spacial score (nSPS) is 14.4. The third-order valence-corrected chi connectivity index (χ3v) is 2.90. The third kappa shape index (κ3) is 8.28. The molecule has 0 amide bonds. The highest BCUT2D eigenvalue weighted by molar-refractivity contribution is 7.86. The van der Waals surface area contributed by atoms with Crippen molar-refractivity contribution in [2.24, 2.45) is 0 Å². The topological polar surface area (TPSA) is 93.1 Å². The first kappa shape index (κ1) is 18.9. The third-order valence-electron chi connectivity index (χ3n) is 1.68. The quantitative estimate of drug-likeness (QED) is 0.410. The summed E-state index contributed by atoms with van der Waals surface area (Å²) >= 11 is 0. The van der Waals surface area contributed by atoms with E-state index in [-0.39, 0.29) is 13.0 Å². The molecule has 1 unspecified atom stereocenters. The fraction of sp³-hybridized carbons (Fsp3) is 0.800. The Kier molecular flexibility index (Phi) is 10.6. The second kappa shape index (κ2) is 9.55. The van der Waals surface area contributed by atoms with Gasteiger partial charge in [0, 0.05) is 19.6 Å². The molecule has 6 nitrogen and oxygen atoms in total. The van der Waals surface area contributed by atoms with E-state index in [1.807, 2.05) is 13.8 Å². The average Bonchev–Trinajstić information content (AvgIpc) is 2.26. The predicted octanol–water partition coefficient (Wildman–Crippen LogP) is 1.18. The lowest BCUT2D eigenvalue weighted by atomic mass is 10.5. The molecular formula is C10H22O6S. The molecule has 2 N–H and O–H groups in total. The first-order valence-corrected chi connectivity index (χ1v) is 6.75. The van der Waals surface area contributed by atoms with E-state index in [1.165, 1.54) is 13.0 Å². The average molecular weight is 270 g/mol. The van der Waals surface area contributed by atoms with Gasteiger partial charge in [-0.15, -0.1) is 6.58 Å². The smallest absolute Gasteiger partial charge is 0.321 e. The van der Waals surface area contributed by atoms with Crippen molar-refractivity contribution < 1.29 is 27.6 Å². The Morgan fingerprint density at radius 3 is 1.94 bits per heavy atom. The van der Waals surface area contributed by atoms with Crippen LogP contribution in [-0.2, 0) is 19.6 Å². The molecule has 0 rings (SSSR count). The van der Waals surface area contributed by atoms with Gasteiger partial charge in [-0.3, -0.25) is 4.55 Å². The van der Waals surface area contributed by atoms with Gasteiger partial charge in [0.15, 0.2) is 0 Å². The minimum Gasteiger partial charge on any atom is -0.382 e. The van der Waals surface area contributed by atoms with Crippen LogP contribution in [-0.4, -0.2) is 43.0 Å². The van der Waals surface area contributed by atoms with Crippen LogP contribution in [0.3, 0.4) is 0 Å². The van der Waals surface area contributed by atoms with E-state index in [4.69, 9.17) is 9.29 Å². The van der Waals surface area contributed by atoms with Crippen molar-refractivity contribution in [2.75, 3.05) is 19.8 Å². The van der Waals surface area contributed by atoms with Gasteiger partial charge in [0.25, 0.3) is 5.12 Å². The highest BCUT2D eigenvalue weighted by Crippen LogP contribution is 2.18. The first-order valence-electron chi connectivity index (χ1n) is 5.31. The molecule has 0 aromatic heterocycles. The summed E-state index contributed by atoms with van der Waals surface area (Å²) in [6, 6.07) is 0. The second-order valence-electron chi connectivity index (χ2n) is 2.92. The van der Waals surface area contributed by atoms with Gasteiger partial charge < -0.3 is 14.6 Å². The fourth-order valence-corrected chi connectivity index (χ4v) is 1.33. The van der Waals surface area contributed by atoms with E-state index in [2.05, 4.69) is 11.3 Å². The summed E-state index contributed by atoms with van der Waals surface area (Å²) in [6.07, 6.45) is 1.02. The summed E-state index contributed by atoms with van der Waals surface area (Å²) < 4.78 is 38.9. The molecule has 0 spiro atoms. The van der Waals surface area contributed by atoms with Gasteiger partial charge >= 0.3 is 10.1 Å². The predicted molar refractivity (Wildman–Crippen MR) is 65.1 cm³/mol. The molecule has 0 bridgehead atoms. The molecule has 0 aliphatic heterocycles. The SMILES string of the molecule is C=CCOC(O)(CC)S(=O)(=O)O.CCOCC. The van der Waals surface area contributed by atoms with E-state index in [1.54, 1.807) is 0 Å². The van der Waals surface area contributed by atoms with Crippen LogP contribution in [0.2, 0.25) is 0 Å². The summed E-state index contributed by atoms with van der Waals surface area (Å²) in [5.41, 5.74) is 0. The molecule has 0 saturated heterocycles. The fourth-order valence-electron chi connectivity index (χ4n) is 0.752. The van der Waals surface area contributed by atoms with Crippen molar-refractivity contribution >= 4 is 10.1 Å². The van der Waals surface area contributed by atoms with Crippen LogP contribution in [0, 0.1) is 0 Å². The van der Waals surface area contributed by atoms with E-state index in [0.717, 1.165) is 13.2 Å². The van der Waals surface area contributed by atoms with Crippen molar-refractivity contribution in [2.45, 2.75) is 32.3 Å². The van der Waals surface area contributed by atoms with Crippen molar-refractivity contribution in [3.63, 3.8) is 0 Å². The number of ether oxygens (including phenoxy) is 2. The van der Waals surface area contributed by atoms with Crippen molar-refractivity contribution in [1.29, 1.82) is 0 Å². The van der Waals surface area contributed by atoms with Gasteiger partial charge in [0.1, 0.15) is 0 Å². The Balaban J connectivity index is 0. The molecule has 0 aliphatic rings. The van der Waals surface area contributed by atoms with E-state index in [0.29, 0.717) is 0 Å². The summed E-state index contributed by atoms with van der Waals surface area (Å²) in [7, 11) is -4.60. The van der Waals surface area contributed by atoms with Gasteiger partial charge in [0.2, 0.25) is 0 Å². The van der Waals surface area contributed by atoms with Gasteiger partial charge in [0.05, 0.1) is 6.61 Å². The maximum absolute atomic E-state index is 10.5. The van der Waals surface area contributed by atoms with Crippen molar-refractivity contribution in [1.82, 2.24) is 0 Å². The van der Waals surface area contributed by atoms with Crippen molar-refractivity contribution in [3.05, 3.63) is 12.7 Å². The standard InChI is InChI=1S/C6H12O5S.C4H10O/c1-3-5-11-6(7,4-2)12(8,9)10;1-3-5-4-2/h3,7H,1,4-5H2,2H3,(H,8,9,10);3-4H2,1-2H3. The molecule has 0 saturated carbocycles. The minimum absolute atomic E-state index is 0.149. The summed E-state index contributed by atoms with van der Waals surface area (Å²) in [5.74, 6) is 0. The Morgan fingerprint density at radius 1 is 1.29 bits per heavy atom. The zero-order chi connectivity index (χ0) is 13.9. The monoisotopic (exact) mass is 270 g/mol. The van der Waals surface area contributed by atoms with E-state index < -0.39 is 15.2 Å². The Morgan fingerprint density at radius 2 is 1.76 bits per heavy atom. The number of hydrogen-bond donors (Lipinski definition) is 2. The van der Waals surface area contributed by atoms with Crippen LogP contribution < -0.4 is 0 Å². The number of aliphatic hydroxyl groups is 1. The molecule has 0 radical (unpaired) electrons. The van der Waals surface area contributed by atoms with Gasteiger partial charge in [-0.2, -0.15) is 8.42 Å². The van der Waals surface area contributed by atoms with Gasteiger partial charge in [-0.25, -0.2) is 0 Å². The summed E-state index contributed by atoms with van der Waals surface area (Å²) in [6.45, 7) is 10.2. The molecule has 17 heavy (non-hydrogen) atoms. The molecule has 0 fully saturated rings. The van der Waals surface area contributed by atoms with Crippen LogP contribution in [0.25, 0.3) is 0 Å². The Bertz CT molecular complexity index is 285. The van der Waals surface area contributed by atoms with Crippen LogP contribution in [0.4, 0.5) is 0 Å². The molecule has 104 valence electrons. The number of rotatable bonds is 7. The largest absolute Gasteiger partial charge is 0.382 e. The second-order valence-corrected chi connectivity index (χ2v) is 4.51. The molecule has 1 atom stereocenters. The first-order chi connectivity index (χ1) is 7.79. The minimum atomic E-state index is -4.60. The molecular weight excluding hydrogens is 248 g/mol. The summed E-state index contributed by atoms with van der Waals surface area (Å²) in [5, 5.41) is 6.67. The van der Waals surface area contributed by atoms with Crippen LogP contribution in [0.5, 0.6) is 0 Å². The molecule has 7 heteroatoms. The maximum atomic E-state index is 10.5. The lowest BCUT2D eigenvalue weighted by Gasteiger charge is -2.22. The molecule has 0 aromatic rings. The molecule has 0 aliphatic carbocycles. The van der Waals surface area contributed by atoms with E-state index >= 15 is 0 Å². The van der Waals surface area contributed by atoms with Gasteiger partial charge in [-0.05, 0) is 13.8 Å². The lowest BCUT2D eigenvalue weighted by Crippen LogP contribution is -2.40. The Labute approximate surface area is 103 Å². The maximum Gasteiger partial charge on any atom is 0.321 e. The Hall–Kier alpha value is -0.470. The van der Waals surface area contributed by atoms with Crippen LogP contribution in [0.1, 0.15) is 27.2 Å². The highest BCUT2D eigenvalue weighted by atomic mass is 32.2. The summed E-state index contributed by atoms with van der Waals surface area (Å²) in [4.78, 5) is 0. The van der Waals surface area contributed by atoms with Crippen LogP contribution in [0.15, 0.2) is 12.7 Å². The zero-order valence-corrected chi connectivity index (χ0v) is 11.4. The number of hydrogen-bond acceptors (Lipinski definition) is 5. The van der Waals surface area contributed by atoms with Gasteiger partial charge in [-0.1, -0.05) is 13.0 Å². The van der Waals surface area contributed by atoms with E-state index in [9.17, 15) is 13.5 Å². The van der Waals surface area contributed by atoms with Crippen molar-refractivity contribution in [3.8, 4) is 0 Å². The van der Waals surface area contributed by atoms with Crippen LogP contribution >= 0.6 is 0 Å². The highest BCUT2D eigenvalue weighted by Gasteiger charge is 2.40. The molecule has 0 heterocycles. The lowest BCUT2D eigenvalue weighted by molar-refractivity contribution is -0.135. The molecule has 0 aromatic carbocycles. The zero-order valence-electron chi connectivity index (χ0n) is 10.5.